The van der Waals surface area contributed by atoms with E-state index >= 15 is 0 Å². The molecule has 0 saturated heterocycles. The highest BCUT2D eigenvalue weighted by atomic mass is 19.1. The van der Waals surface area contributed by atoms with Gasteiger partial charge in [-0.25, -0.2) is 9.37 Å². The van der Waals surface area contributed by atoms with E-state index in [2.05, 4.69) is 9.97 Å². The fraction of sp³-hybridized carbons (Fsp3) is 0.333. The van der Waals surface area contributed by atoms with Gasteiger partial charge in [-0.3, -0.25) is 4.79 Å². The maximum atomic E-state index is 12.8. The van der Waals surface area contributed by atoms with E-state index in [0.717, 1.165) is 42.5 Å². The molecule has 1 heterocycles. The molecular weight excluding hydrogens is 243 g/mol. The number of nitrogens with one attached hydrogen (secondary N) is 1. The summed E-state index contributed by atoms with van der Waals surface area (Å²) in [5.41, 5.74) is 2.71. The number of rotatable bonds is 2. The van der Waals surface area contributed by atoms with Crippen LogP contribution in [0.1, 0.15) is 35.5 Å². The summed E-state index contributed by atoms with van der Waals surface area (Å²) in [5, 5.41) is 0. The number of fused-ring (bicyclic) bond motifs is 1. The zero-order valence-corrected chi connectivity index (χ0v) is 10.6. The van der Waals surface area contributed by atoms with Crippen LogP contribution in [0.15, 0.2) is 29.1 Å². The monoisotopic (exact) mass is 258 g/mol. The van der Waals surface area contributed by atoms with Gasteiger partial charge in [-0.05, 0) is 43.4 Å². The Labute approximate surface area is 110 Å². The largest absolute Gasteiger partial charge is 0.310 e. The van der Waals surface area contributed by atoms with Gasteiger partial charge in [0.1, 0.15) is 11.6 Å². The fourth-order valence-corrected chi connectivity index (χ4v) is 2.53. The Morgan fingerprint density at radius 2 is 1.89 bits per heavy atom. The summed E-state index contributed by atoms with van der Waals surface area (Å²) in [5.74, 6) is 0.410. The van der Waals surface area contributed by atoms with Crippen LogP contribution in [0.4, 0.5) is 4.39 Å². The van der Waals surface area contributed by atoms with Crippen molar-refractivity contribution in [2.45, 2.75) is 32.1 Å². The third-order valence-electron chi connectivity index (χ3n) is 3.53. The fourth-order valence-electron chi connectivity index (χ4n) is 2.53. The zero-order chi connectivity index (χ0) is 13.2. The Balaban J connectivity index is 1.91. The van der Waals surface area contributed by atoms with E-state index in [4.69, 9.17) is 0 Å². The number of benzene rings is 1. The lowest BCUT2D eigenvalue weighted by Crippen LogP contribution is -2.23. The number of hydrogen-bond donors (Lipinski definition) is 1. The standard InChI is InChI=1S/C15H15FN2O/c16-11-7-5-10(6-8-11)9-14-17-13-4-2-1-3-12(13)15(19)18-14/h5-8H,1-4,9H2,(H,17,18,19). The summed E-state index contributed by atoms with van der Waals surface area (Å²) in [4.78, 5) is 19.4. The minimum absolute atomic E-state index is 0.0122. The lowest BCUT2D eigenvalue weighted by Gasteiger charge is -2.14. The highest BCUT2D eigenvalue weighted by Crippen LogP contribution is 2.16. The Morgan fingerprint density at radius 1 is 1.16 bits per heavy atom. The molecule has 1 aromatic carbocycles. The van der Waals surface area contributed by atoms with E-state index in [-0.39, 0.29) is 11.4 Å². The Hall–Kier alpha value is -1.97. The molecule has 0 spiro atoms. The van der Waals surface area contributed by atoms with E-state index < -0.39 is 0 Å². The van der Waals surface area contributed by atoms with Crippen molar-refractivity contribution >= 4 is 0 Å². The molecule has 0 atom stereocenters. The van der Waals surface area contributed by atoms with Crippen LogP contribution in [0.2, 0.25) is 0 Å². The minimum Gasteiger partial charge on any atom is -0.310 e. The molecule has 0 saturated carbocycles. The average molecular weight is 258 g/mol. The normalized spacial score (nSPS) is 14.2. The van der Waals surface area contributed by atoms with Gasteiger partial charge in [0.25, 0.3) is 5.56 Å². The SMILES string of the molecule is O=c1[nH]c(Cc2ccc(F)cc2)nc2c1CCCC2. The number of aromatic amines is 1. The van der Waals surface area contributed by atoms with Crippen molar-refractivity contribution in [1.29, 1.82) is 0 Å². The van der Waals surface area contributed by atoms with E-state index in [1.54, 1.807) is 12.1 Å². The number of aromatic nitrogens is 2. The van der Waals surface area contributed by atoms with E-state index in [1.807, 2.05) is 0 Å². The highest BCUT2D eigenvalue weighted by Gasteiger charge is 2.15. The van der Waals surface area contributed by atoms with E-state index in [1.165, 1.54) is 12.1 Å². The lowest BCUT2D eigenvalue weighted by molar-refractivity contribution is 0.626. The summed E-state index contributed by atoms with van der Waals surface area (Å²) in [6.07, 6.45) is 4.40. The summed E-state index contributed by atoms with van der Waals surface area (Å²) in [7, 11) is 0. The maximum Gasteiger partial charge on any atom is 0.254 e. The molecule has 0 amide bonds. The second-order valence-corrected chi connectivity index (χ2v) is 4.95. The molecule has 1 aliphatic rings. The molecule has 2 aromatic rings. The van der Waals surface area contributed by atoms with Crippen molar-refractivity contribution in [3.05, 3.63) is 63.1 Å². The Kier molecular flexibility index (Phi) is 3.15. The van der Waals surface area contributed by atoms with Crippen molar-refractivity contribution in [3.63, 3.8) is 0 Å². The quantitative estimate of drug-likeness (QED) is 0.899. The van der Waals surface area contributed by atoms with Gasteiger partial charge >= 0.3 is 0 Å². The number of H-pyrrole nitrogens is 1. The Bertz CT molecular complexity index is 646. The predicted octanol–water partition coefficient (Wildman–Crippen LogP) is 2.38. The molecule has 0 bridgehead atoms. The molecule has 3 nitrogen and oxygen atoms in total. The highest BCUT2D eigenvalue weighted by molar-refractivity contribution is 5.24. The molecule has 98 valence electrons. The second kappa shape index (κ2) is 4.96. The van der Waals surface area contributed by atoms with Gasteiger partial charge in [-0.15, -0.1) is 0 Å². The van der Waals surface area contributed by atoms with Gasteiger partial charge in [-0.1, -0.05) is 12.1 Å². The molecular formula is C15H15FN2O. The van der Waals surface area contributed by atoms with Crippen LogP contribution in [0.3, 0.4) is 0 Å². The second-order valence-electron chi connectivity index (χ2n) is 4.95. The maximum absolute atomic E-state index is 12.8. The first-order chi connectivity index (χ1) is 9.22. The molecule has 1 aromatic heterocycles. The number of halogens is 1. The molecule has 0 unspecified atom stereocenters. The topological polar surface area (TPSA) is 45.8 Å². The van der Waals surface area contributed by atoms with E-state index in [9.17, 15) is 9.18 Å². The van der Waals surface area contributed by atoms with Gasteiger partial charge < -0.3 is 4.98 Å². The number of hydrogen-bond acceptors (Lipinski definition) is 2. The number of aryl methyl sites for hydroxylation is 1. The lowest BCUT2D eigenvalue weighted by atomic mass is 9.97. The van der Waals surface area contributed by atoms with Crippen molar-refractivity contribution < 1.29 is 4.39 Å². The van der Waals surface area contributed by atoms with Crippen LogP contribution in [0, 0.1) is 5.82 Å². The van der Waals surface area contributed by atoms with Gasteiger partial charge in [0.2, 0.25) is 0 Å². The summed E-state index contributed by atoms with van der Waals surface area (Å²) in [6.45, 7) is 0. The molecule has 3 rings (SSSR count). The van der Waals surface area contributed by atoms with Crippen molar-refractivity contribution in [1.82, 2.24) is 9.97 Å². The van der Waals surface area contributed by atoms with Crippen molar-refractivity contribution in [2.24, 2.45) is 0 Å². The van der Waals surface area contributed by atoms with Crippen LogP contribution in [-0.2, 0) is 19.3 Å². The van der Waals surface area contributed by atoms with Gasteiger partial charge in [-0.2, -0.15) is 0 Å². The third kappa shape index (κ3) is 2.57. The molecule has 1 aliphatic carbocycles. The first-order valence-corrected chi connectivity index (χ1v) is 6.58. The van der Waals surface area contributed by atoms with Crippen LogP contribution in [-0.4, -0.2) is 9.97 Å². The minimum atomic E-state index is -0.254. The van der Waals surface area contributed by atoms with E-state index in [0.29, 0.717) is 12.2 Å². The van der Waals surface area contributed by atoms with Gasteiger partial charge in [0.15, 0.2) is 0 Å². The zero-order valence-electron chi connectivity index (χ0n) is 10.6. The van der Waals surface area contributed by atoms with Gasteiger partial charge in [0.05, 0.1) is 5.69 Å². The van der Waals surface area contributed by atoms with Crippen LogP contribution in [0.25, 0.3) is 0 Å². The molecule has 0 fully saturated rings. The number of nitrogens with zero attached hydrogens (tertiary/aromatic N) is 1. The predicted molar refractivity (Wildman–Crippen MR) is 70.7 cm³/mol. The summed E-state index contributed by atoms with van der Waals surface area (Å²) >= 11 is 0. The smallest absolute Gasteiger partial charge is 0.254 e. The first-order valence-electron chi connectivity index (χ1n) is 6.58. The average Bonchev–Trinajstić information content (AvgIpc) is 2.42. The molecule has 0 aliphatic heterocycles. The molecule has 0 radical (unpaired) electrons. The molecule has 19 heavy (non-hydrogen) atoms. The van der Waals surface area contributed by atoms with Crippen molar-refractivity contribution in [3.8, 4) is 0 Å². The van der Waals surface area contributed by atoms with Crippen LogP contribution >= 0.6 is 0 Å². The molecule has 1 N–H and O–H groups in total. The van der Waals surface area contributed by atoms with Gasteiger partial charge in [0, 0.05) is 12.0 Å². The van der Waals surface area contributed by atoms with Crippen LogP contribution < -0.4 is 5.56 Å². The van der Waals surface area contributed by atoms with Crippen LogP contribution in [0.5, 0.6) is 0 Å². The third-order valence-corrected chi connectivity index (χ3v) is 3.53. The first kappa shape index (κ1) is 12.1. The summed E-state index contributed by atoms with van der Waals surface area (Å²) < 4.78 is 12.8. The summed E-state index contributed by atoms with van der Waals surface area (Å²) in [6, 6.07) is 6.28. The Morgan fingerprint density at radius 3 is 2.68 bits per heavy atom. The molecule has 4 heteroatoms. The van der Waals surface area contributed by atoms with Crippen molar-refractivity contribution in [2.75, 3.05) is 0 Å².